The normalized spacial score (nSPS) is 12.4. The van der Waals surface area contributed by atoms with Crippen molar-refractivity contribution in [2.24, 2.45) is 10.9 Å². The number of rotatable bonds is 10. The molecule has 0 aliphatic carbocycles. The number of nitrogens with zero attached hydrogens (tertiary/aromatic N) is 2. The van der Waals surface area contributed by atoms with Crippen molar-refractivity contribution in [1.29, 1.82) is 0 Å². The highest BCUT2D eigenvalue weighted by Crippen LogP contribution is 2.32. The lowest BCUT2D eigenvalue weighted by molar-refractivity contribution is 0.354. The van der Waals surface area contributed by atoms with Crippen LogP contribution in [-0.2, 0) is 0 Å². The molecule has 0 radical (unpaired) electrons. The Morgan fingerprint density at radius 2 is 1.78 bits per heavy atom. The summed E-state index contributed by atoms with van der Waals surface area (Å²) in [5.41, 5.74) is 0.706. The van der Waals surface area contributed by atoms with Crippen LogP contribution in [0.2, 0.25) is 0 Å². The standard InChI is InChI=1S/C26H32N2O4/c1-5-7-10-18(6-2)16-27-17-22-20-11-8-9-12-21(20)25(29)28(26(22)30)19-13-14-23(31-3)24(15-19)32-4/h8-9,11-15,17-18,30H,5-7,10,16H2,1-4H3. The molecule has 1 heterocycles. The zero-order valence-electron chi connectivity index (χ0n) is 19.3. The number of fused-ring (bicyclic) bond motifs is 1. The molecule has 0 bridgehead atoms. The first-order valence-electron chi connectivity index (χ1n) is 11.1. The van der Waals surface area contributed by atoms with Gasteiger partial charge in [-0.15, -0.1) is 0 Å². The van der Waals surface area contributed by atoms with Crippen LogP contribution >= 0.6 is 0 Å². The van der Waals surface area contributed by atoms with Crippen LogP contribution in [0.3, 0.4) is 0 Å². The van der Waals surface area contributed by atoms with Gasteiger partial charge < -0.3 is 14.6 Å². The van der Waals surface area contributed by atoms with E-state index in [9.17, 15) is 9.90 Å². The molecule has 1 unspecified atom stereocenters. The first-order valence-corrected chi connectivity index (χ1v) is 11.1. The Labute approximate surface area is 189 Å². The average Bonchev–Trinajstić information content (AvgIpc) is 2.83. The number of ether oxygens (including phenoxy) is 2. The maximum Gasteiger partial charge on any atom is 0.265 e. The van der Waals surface area contributed by atoms with Crippen molar-refractivity contribution in [3.8, 4) is 23.1 Å². The molecule has 2 aromatic carbocycles. The van der Waals surface area contributed by atoms with Gasteiger partial charge in [0, 0.05) is 29.6 Å². The molecule has 1 atom stereocenters. The molecule has 0 aliphatic rings. The second kappa shape index (κ2) is 10.8. The molecule has 1 aromatic heterocycles. The zero-order valence-corrected chi connectivity index (χ0v) is 19.3. The van der Waals surface area contributed by atoms with E-state index < -0.39 is 0 Å². The van der Waals surface area contributed by atoms with Crippen LogP contribution in [0.15, 0.2) is 52.3 Å². The predicted octanol–water partition coefficient (Wildman–Crippen LogP) is 5.35. The minimum Gasteiger partial charge on any atom is -0.494 e. The number of hydrogen-bond acceptors (Lipinski definition) is 5. The molecule has 3 aromatic rings. The molecular weight excluding hydrogens is 404 g/mol. The summed E-state index contributed by atoms with van der Waals surface area (Å²) in [5.74, 6) is 1.38. The summed E-state index contributed by atoms with van der Waals surface area (Å²) < 4.78 is 12.0. The highest BCUT2D eigenvalue weighted by molar-refractivity contribution is 6.01. The van der Waals surface area contributed by atoms with Crippen LogP contribution < -0.4 is 15.0 Å². The van der Waals surface area contributed by atoms with E-state index in [0.717, 1.165) is 12.8 Å². The number of hydrogen-bond donors (Lipinski definition) is 1. The van der Waals surface area contributed by atoms with Crippen LogP contribution in [0.4, 0.5) is 0 Å². The SMILES string of the molecule is CCCCC(CC)CN=Cc1c(O)n(-c2ccc(OC)c(OC)c2)c(=O)c2ccccc12. The Bertz CT molecular complexity index is 1150. The van der Waals surface area contributed by atoms with E-state index in [1.807, 2.05) is 18.2 Å². The summed E-state index contributed by atoms with van der Waals surface area (Å²) in [5, 5.41) is 12.4. The second-order valence-corrected chi connectivity index (χ2v) is 7.87. The van der Waals surface area contributed by atoms with Crippen molar-refractivity contribution >= 4 is 17.0 Å². The van der Waals surface area contributed by atoms with Crippen molar-refractivity contribution in [3.05, 3.63) is 58.4 Å². The molecule has 0 spiro atoms. The van der Waals surface area contributed by atoms with E-state index in [1.54, 1.807) is 37.6 Å². The van der Waals surface area contributed by atoms with Crippen LogP contribution in [0.1, 0.15) is 45.1 Å². The highest BCUT2D eigenvalue weighted by Gasteiger charge is 2.18. The smallest absolute Gasteiger partial charge is 0.265 e. The Morgan fingerprint density at radius 1 is 1.06 bits per heavy atom. The van der Waals surface area contributed by atoms with E-state index in [1.165, 1.54) is 24.5 Å². The molecule has 0 saturated heterocycles. The minimum atomic E-state index is -0.308. The maximum absolute atomic E-state index is 13.3. The first kappa shape index (κ1) is 23.4. The quantitative estimate of drug-likeness (QED) is 0.435. The third-order valence-electron chi connectivity index (χ3n) is 5.86. The van der Waals surface area contributed by atoms with Gasteiger partial charge in [0.15, 0.2) is 11.5 Å². The number of benzene rings is 2. The molecule has 6 nitrogen and oxygen atoms in total. The Kier molecular flexibility index (Phi) is 7.92. The molecule has 0 saturated carbocycles. The van der Waals surface area contributed by atoms with Gasteiger partial charge in [0.25, 0.3) is 5.56 Å². The van der Waals surface area contributed by atoms with Crippen molar-refractivity contribution in [3.63, 3.8) is 0 Å². The van der Waals surface area contributed by atoms with Crippen molar-refractivity contribution in [2.45, 2.75) is 39.5 Å². The molecule has 6 heteroatoms. The van der Waals surface area contributed by atoms with Gasteiger partial charge in [0.05, 0.1) is 25.5 Å². The van der Waals surface area contributed by atoms with E-state index >= 15 is 0 Å². The van der Waals surface area contributed by atoms with Crippen molar-refractivity contribution in [1.82, 2.24) is 4.57 Å². The summed E-state index contributed by atoms with van der Waals surface area (Å²) in [6.07, 6.45) is 6.26. The number of unbranched alkanes of at least 4 members (excludes halogenated alkanes) is 1. The van der Waals surface area contributed by atoms with Gasteiger partial charge in [0.2, 0.25) is 5.88 Å². The van der Waals surface area contributed by atoms with E-state index in [2.05, 4.69) is 18.8 Å². The van der Waals surface area contributed by atoms with Gasteiger partial charge >= 0.3 is 0 Å². The molecule has 32 heavy (non-hydrogen) atoms. The molecule has 170 valence electrons. The first-order chi connectivity index (χ1) is 15.5. The van der Waals surface area contributed by atoms with Gasteiger partial charge in [-0.3, -0.25) is 9.79 Å². The summed E-state index contributed by atoms with van der Waals surface area (Å²) in [4.78, 5) is 17.9. The summed E-state index contributed by atoms with van der Waals surface area (Å²) in [7, 11) is 3.08. The molecule has 0 aliphatic heterocycles. The number of aromatic nitrogens is 1. The average molecular weight is 437 g/mol. The summed E-state index contributed by atoms with van der Waals surface area (Å²) >= 11 is 0. The minimum absolute atomic E-state index is 0.147. The lowest BCUT2D eigenvalue weighted by atomic mass is 10.00. The van der Waals surface area contributed by atoms with Gasteiger partial charge in [-0.25, -0.2) is 4.57 Å². The fourth-order valence-electron chi connectivity index (χ4n) is 3.90. The maximum atomic E-state index is 13.3. The van der Waals surface area contributed by atoms with Crippen LogP contribution in [0.25, 0.3) is 16.5 Å². The third kappa shape index (κ3) is 4.79. The van der Waals surface area contributed by atoms with Gasteiger partial charge in [-0.1, -0.05) is 51.3 Å². The predicted molar refractivity (Wildman–Crippen MR) is 130 cm³/mol. The van der Waals surface area contributed by atoms with Gasteiger partial charge in [-0.2, -0.15) is 0 Å². The fraction of sp³-hybridized carbons (Fsp3) is 0.385. The molecule has 3 rings (SSSR count). The summed E-state index contributed by atoms with van der Waals surface area (Å²) in [6.45, 7) is 5.07. The number of aliphatic imine (C=N–C) groups is 1. The highest BCUT2D eigenvalue weighted by atomic mass is 16.5. The topological polar surface area (TPSA) is 73.1 Å². The van der Waals surface area contributed by atoms with Crippen LogP contribution in [-0.4, -0.2) is 36.7 Å². The Morgan fingerprint density at radius 3 is 2.44 bits per heavy atom. The van der Waals surface area contributed by atoms with Crippen LogP contribution in [0, 0.1) is 5.92 Å². The fourth-order valence-corrected chi connectivity index (χ4v) is 3.90. The molecule has 0 fully saturated rings. The number of aromatic hydroxyl groups is 1. The van der Waals surface area contributed by atoms with E-state index in [-0.39, 0.29) is 11.4 Å². The third-order valence-corrected chi connectivity index (χ3v) is 5.86. The molecule has 0 amide bonds. The number of methoxy groups -OCH3 is 2. The van der Waals surface area contributed by atoms with Gasteiger partial charge in [-0.05, 0) is 30.5 Å². The van der Waals surface area contributed by atoms with Crippen molar-refractivity contribution in [2.75, 3.05) is 20.8 Å². The van der Waals surface area contributed by atoms with E-state index in [4.69, 9.17) is 9.47 Å². The molecule has 1 N–H and O–H groups in total. The molecular formula is C26H32N2O4. The number of pyridine rings is 1. The lowest BCUT2D eigenvalue weighted by Crippen LogP contribution is -2.20. The largest absolute Gasteiger partial charge is 0.494 e. The second-order valence-electron chi connectivity index (χ2n) is 7.87. The lowest BCUT2D eigenvalue weighted by Gasteiger charge is -2.16. The zero-order chi connectivity index (χ0) is 23.1. The Hall–Kier alpha value is -3.28. The monoisotopic (exact) mass is 436 g/mol. The van der Waals surface area contributed by atoms with E-state index in [0.29, 0.717) is 46.0 Å². The van der Waals surface area contributed by atoms with Gasteiger partial charge in [0.1, 0.15) is 0 Å². The van der Waals surface area contributed by atoms with Crippen LogP contribution in [0.5, 0.6) is 17.4 Å². The summed E-state index contributed by atoms with van der Waals surface area (Å²) in [6, 6.07) is 12.4. The Balaban J connectivity index is 2.12. The van der Waals surface area contributed by atoms with Crippen molar-refractivity contribution < 1.29 is 14.6 Å².